The summed E-state index contributed by atoms with van der Waals surface area (Å²) in [7, 11) is 3.54. The van der Waals surface area contributed by atoms with Crippen LogP contribution < -0.4 is 5.32 Å². The lowest BCUT2D eigenvalue weighted by molar-refractivity contribution is 0.0827. The van der Waals surface area contributed by atoms with E-state index in [2.05, 4.69) is 5.32 Å². The van der Waals surface area contributed by atoms with Crippen molar-refractivity contribution in [1.82, 2.24) is 4.90 Å². The van der Waals surface area contributed by atoms with Crippen LogP contribution in [0.25, 0.3) is 0 Å². The SMILES string of the molecule is CN(C)C(=O)c1ccc(NCC2CCCC2)cc1. The van der Waals surface area contributed by atoms with Crippen LogP contribution in [0.4, 0.5) is 5.69 Å². The van der Waals surface area contributed by atoms with Crippen LogP contribution in [-0.2, 0) is 0 Å². The highest BCUT2D eigenvalue weighted by Gasteiger charge is 2.14. The average Bonchev–Trinajstić information content (AvgIpc) is 2.89. The second kappa shape index (κ2) is 5.89. The van der Waals surface area contributed by atoms with Crippen LogP contribution in [0, 0.1) is 5.92 Å². The van der Waals surface area contributed by atoms with Crippen LogP contribution >= 0.6 is 0 Å². The van der Waals surface area contributed by atoms with Gasteiger partial charge < -0.3 is 10.2 Å². The smallest absolute Gasteiger partial charge is 0.253 e. The number of carbonyl (C=O) groups is 1. The first-order chi connectivity index (χ1) is 8.66. The third kappa shape index (κ3) is 3.25. The lowest BCUT2D eigenvalue weighted by Crippen LogP contribution is -2.21. The minimum atomic E-state index is 0.0531. The molecule has 0 unspecified atom stereocenters. The Hall–Kier alpha value is -1.51. The van der Waals surface area contributed by atoms with Crippen LogP contribution in [0.3, 0.4) is 0 Å². The third-order valence-electron chi connectivity index (χ3n) is 3.61. The summed E-state index contributed by atoms with van der Waals surface area (Å²) < 4.78 is 0. The number of rotatable bonds is 4. The second-order valence-electron chi connectivity index (χ2n) is 5.31. The normalized spacial score (nSPS) is 15.7. The van der Waals surface area contributed by atoms with E-state index in [4.69, 9.17) is 0 Å². The molecule has 0 aromatic heterocycles. The molecule has 98 valence electrons. The molecule has 0 heterocycles. The van der Waals surface area contributed by atoms with Crippen LogP contribution in [0.15, 0.2) is 24.3 Å². The molecule has 0 bridgehead atoms. The number of anilines is 1. The van der Waals surface area contributed by atoms with Gasteiger partial charge in [0.05, 0.1) is 0 Å². The Morgan fingerprint density at radius 3 is 2.39 bits per heavy atom. The molecule has 1 N–H and O–H groups in total. The number of carbonyl (C=O) groups excluding carboxylic acids is 1. The van der Waals surface area contributed by atoms with Gasteiger partial charge in [0.15, 0.2) is 0 Å². The highest BCUT2D eigenvalue weighted by atomic mass is 16.2. The van der Waals surface area contributed by atoms with Crippen molar-refractivity contribution in [3.63, 3.8) is 0 Å². The molecule has 1 aliphatic carbocycles. The van der Waals surface area contributed by atoms with Gasteiger partial charge in [-0.05, 0) is 43.0 Å². The van der Waals surface area contributed by atoms with E-state index in [1.165, 1.54) is 25.7 Å². The van der Waals surface area contributed by atoms with E-state index < -0.39 is 0 Å². The molecule has 1 aromatic carbocycles. The van der Waals surface area contributed by atoms with E-state index in [9.17, 15) is 4.79 Å². The topological polar surface area (TPSA) is 32.3 Å². The summed E-state index contributed by atoms with van der Waals surface area (Å²) in [5.41, 5.74) is 1.85. The van der Waals surface area contributed by atoms with E-state index in [1.54, 1.807) is 19.0 Å². The van der Waals surface area contributed by atoms with Gasteiger partial charge in [0.1, 0.15) is 0 Å². The molecule has 2 rings (SSSR count). The molecule has 18 heavy (non-hydrogen) atoms. The van der Waals surface area contributed by atoms with Crippen molar-refractivity contribution in [3.05, 3.63) is 29.8 Å². The molecule has 0 spiro atoms. The van der Waals surface area contributed by atoms with Crippen molar-refractivity contribution < 1.29 is 4.79 Å². The van der Waals surface area contributed by atoms with Crippen LogP contribution in [0.2, 0.25) is 0 Å². The Bertz CT molecular complexity index is 391. The summed E-state index contributed by atoms with van der Waals surface area (Å²) in [5.74, 6) is 0.880. The molecular weight excluding hydrogens is 224 g/mol. The standard InChI is InChI=1S/C15H22N2O/c1-17(2)15(18)13-7-9-14(10-8-13)16-11-12-5-3-4-6-12/h7-10,12,16H,3-6,11H2,1-2H3. The zero-order valence-electron chi connectivity index (χ0n) is 11.3. The summed E-state index contributed by atoms with van der Waals surface area (Å²) in [6.45, 7) is 1.06. The van der Waals surface area contributed by atoms with Crippen molar-refractivity contribution >= 4 is 11.6 Å². The van der Waals surface area contributed by atoms with Crippen molar-refractivity contribution in [2.45, 2.75) is 25.7 Å². The fourth-order valence-corrected chi connectivity index (χ4v) is 2.47. The Kier molecular flexibility index (Phi) is 4.24. The lowest BCUT2D eigenvalue weighted by atomic mass is 10.1. The molecule has 3 nitrogen and oxygen atoms in total. The second-order valence-corrected chi connectivity index (χ2v) is 5.31. The number of nitrogens with one attached hydrogen (secondary N) is 1. The molecule has 1 fully saturated rings. The molecular formula is C15H22N2O. The third-order valence-corrected chi connectivity index (χ3v) is 3.61. The van der Waals surface area contributed by atoms with Crippen LogP contribution in [-0.4, -0.2) is 31.4 Å². The van der Waals surface area contributed by atoms with Gasteiger partial charge in [-0.15, -0.1) is 0 Å². The van der Waals surface area contributed by atoms with Crippen LogP contribution in [0.5, 0.6) is 0 Å². The molecule has 0 atom stereocenters. The molecule has 1 amide bonds. The molecule has 1 saturated carbocycles. The maximum Gasteiger partial charge on any atom is 0.253 e. The fourth-order valence-electron chi connectivity index (χ4n) is 2.47. The Morgan fingerprint density at radius 1 is 1.22 bits per heavy atom. The summed E-state index contributed by atoms with van der Waals surface area (Å²) in [6, 6.07) is 7.76. The first kappa shape index (κ1) is 12.9. The first-order valence-electron chi connectivity index (χ1n) is 6.72. The molecule has 0 aliphatic heterocycles. The van der Waals surface area contributed by atoms with Gasteiger partial charge >= 0.3 is 0 Å². The minimum absolute atomic E-state index is 0.0531. The molecule has 0 radical (unpaired) electrons. The first-order valence-corrected chi connectivity index (χ1v) is 6.72. The number of hydrogen-bond acceptors (Lipinski definition) is 2. The molecule has 1 aromatic rings. The highest BCUT2D eigenvalue weighted by Crippen LogP contribution is 2.25. The van der Waals surface area contributed by atoms with Gasteiger partial charge in [-0.2, -0.15) is 0 Å². The zero-order valence-corrected chi connectivity index (χ0v) is 11.3. The number of hydrogen-bond donors (Lipinski definition) is 1. The van der Waals surface area contributed by atoms with Gasteiger partial charge in [0.2, 0.25) is 0 Å². The van der Waals surface area contributed by atoms with Crippen molar-refractivity contribution in [1.29, 1.82) is 0 Å². The van der Waals surface area contributed by atoms with Crippen molar-refractivity contribution in [3.8, 4) is 0 Å². The van der Waals surface area contributed by atoms with Gasteiger partial charge in [-0.25, -0.2) is 0 Å². The lowest BCUT2D eigenvalue weighted by Gasteiger charge is -2.13. The monoisotopic (exact) mass is 246 g/mol. The predicted molar refractivity (Wildman–Crippen MR) is 74.9 cm³/mol. The Balaban J connectivity index is 1.89. The number of nitrogens with zero attached hydrogens (tertiary/aromatic N) is 1. The van der Waals surface area contributed by atoms with Gasteiger partial charge in [0, 0.05) is 31.9 Å². The summed E-state index contributed by atoms with van der Waals surface area (Å²) in [6.07, 6.45) is 5.46. The van der Waals surface area contributed by atoms with E-state index >= 15 is 0 Å². The summed E-state index contributed by atoms with van der Waals surface area (Å²) in [4.78, 5) is 13.3. The minimum Gasteiger partial charge on any atom is -0.385 e. The Morgan fingerprint density at radius 2 is 1.83 bits per heavy atom. The maximum atomic E-state index is 11.7. The number of amides is 1. The van der Waals surface area contributed by atoms with E-state index in [0.717, 1.165) is 23.7 Å². The van der Waals surface area contributed by atoms with Gasteiger partial charge in [-0.1, -0.05) is 12.8 Å². The van der Waals surface area contributed by atoms with E-state index in [0.29, 0.717) is 0 Å². The fraction of sp³-hybridized carbons (Fsp3) is 0.533. The van der Waals surface area contributed by atoms with Crippen LogP contribution in [0.1, 0.15) is 36.0 Å². The van der Waals surface area contributed by atoms with Gasteiger partial charge in [0.25, 0.3) is 5.91 Å². The summed E-state index contributed by atoms with van der Waals surface area (Å²) >= 11 is 0. The molecule has 1 aliphatic rings. The highest BCUT2D eigenvalue weighted by molar-refractivity contribution is 5.94. The Labute approximate surface area is 109 Å². The van der Waals surface area contributed by atoms with E-state index in [1.807, 2.05) is 24.3 Å². The maximum absolute atomic E-state index is 11.7. The molecule has 0 saturated heterocycles. The quantitative estimate of drug-likeness (QED) is 0.885. The molecule has 3 heteroatoms. The number of benzene rings is 1. The van der Waals surface area contributed by atoms with Crippen molar-refractivity contribution in [2.75, 3.05) is 26.0 Å². The van der Waals surface area contributed by atoms with Crippen molar-refractivity contribution in [2.24, 2.45) is 5.92 Å². The largest absolute Gasteiger partial charge is 0.385 e. The summed E-state index contributed by atoms with van der Waals surface area (Å²) in [5, 5.41) is 3.46. The predicted octanol–water partition coefficient (Wildman–Crippen LogP) is 2.99. The zero-order chi connectivity index (χ0) is 13.0. The average molecular weight is 246 g/mol. The van der Waals surface area contributed by atoms with Gasteiger partial charge in [-0.3, -0.25) is 4.79 Å². The van der Waals surface area contributed by atoms with E-state index in [-0.39, 0.29) is 5.91 Å².